The minimum Gasteiger partial charge on any atom is -0.406 e. The fourth-order valence-electron chi connectivity index (χ4n) is 5.32. The van der Waals surface area contributed by atoms with E-state index in [1.54, 1.807) is 18.2 Å². The van der Waals surface area contributed by atoms with Crippen LogP contribution in [0.15, 0.2) is 42.5 Å². The van der Waals surface area contributed by atoms with Crippen molar-refractivity contribution in [3.05, 3.63) is 48.0 Å². The largest absolute Gasteiger partial charge is 0.573 e. The summed E-state index contributed by atoms with van der Waals surface area (Å²) in [4.78, 5) is 17.3. The Morgan fingerprint density at radius 3 is 2.56 bits per heavy atom. The van der Waals surface area contributed by atoms with Crippen molar-refractivity contribution in [1.29, 1.82) is 0 Å². The van der Waals surface area contributed by atoms with Crippen molar-refractivity contribution in [2.45, 2.75) is 52.4 Å². The van der Waals surface area contributed by atoms with Crippen LogP contribution in [0.5, 0.6) is 5.75 Å². The number of carbonyl (C=O) groups is 1. The molecule has 36 heavy (non-hydrogen) atoms. The van der Waals surface area contributed by atoms with Crippen molar-refractivity contribution in [3.8, 4) is 5.75 Å². The molecule has 1 fully saturated rings. The van der Waals surface area contributed by atoms with Crippen LogP contribution in [0.25, 0.3) is 11.0 Å². The molecule has 3 N–H and O–H groups in total. The maximum Gasteiger partial charge on any atom is 0.573 e. The van der Waals surface area contributed by atoms with E-state index in [4.69, 9.17) is 10.1 Å². The number of imidazole rings is 1. The first kappa shape index (κ1) is 25.8. The van der Waals surface area contributed by atoms with Crippen LogP contribution < -0.4 is 15.4 Å². The van der Waals surface area contributed by atoms with Crippen LogP contribution >= 0.6 is 0 Å². The number of aliphatic hydroxyl groups excluding tert-OH is 1. The Hall–Kier alpha value is -3.27. The number of hydrogen-bond acceptors (Lipinski definition) is 5. The highest BCUT2D eigenvalue weighted by Gasteiger charge is 2.35. The molecular formula is C26H31F3N4O3. The van der Waals surface area contributed by atoms with Crippen LogP contribution in [0.4, 0.5) is 24.8 Å². The molecule has 2 atom stereocenters. The van der Waals surface area contributed by atoms with E-state index in [-0.39, 0.29) is 36.3 Å². The zero-order valence-electron chi connectivity index (χ0n) is 20.5. The van der Waals surface area contributed by atoms with E-state index >= 15 is 0 Å². The summed E-state index contributed by atoms with van der Waals surface area (Å²) in [6.45, 7) is 6.73. The second kappa shape index (κ2) is 10.0. The second-order valence-electron chi connectivity index (χ2n) is 10.3. The van der Waals surface area contributed by atoms with Crippen LogP contribution in [-0.2, 0) is 0 Å². The molecule has 0 saturated heterocycles. The minimum atomic E-state index is -4.76. The number of fused-ring (bicyclic) bond motifs is 1. The van der Waals surface area contributed by atoms with Crippen molar-refractivity contribution in [3.63, 3.8) is 0 Å². The number of alkyl halides is 3. The van der Waals surface area contributed by atoms with E-state index in [2.05, 4.69) is 40.7 Å². The van der Waals surface area contributed by atoms with E-state index in [0.29, 0.717) is 28.6 Å². The van der Waals surface area contributed by atoms with Gasteiger partial charge in [0.15, 0.2) is 0 Å². The number of amides is 1. The number of ether oxygens (including phenoxy) is 1. The van der Waals surface area contributed by atoms with Gasteiger partial charge in [-0.2, -0.15) is 0 Å². The van der Waals surface area contributed by atoms with Gasteiger partial charge in [-0.15, -0.1) is 13.2 Å². The zero-order chi connectivity index (χ0) is 26.1. The van der Waals surface area contributed by atoms with E-state index < -0.39 is 6.36 Å². The Bertz CT molecular complexity index is 1220. The number of rotatable bonds is 7. The molecule has 1 aromatic heterocycles. The lowest BCUT2D eigenvalue weighted by Gasteiger charge is -2.40. The normalized spacial score (nSPS) is 19.8. The van der Waals surface area contributed by atoms with Gasteiger partial charge in [-0.05, 0) is 73.1 Å². The SMILES string of the molecule is CC1CC(n2c(Nc3ccc(OC(F)(F)F)cc3)nc3ccc(C(=O)NCCO)cc32)CC(C)(C)C1. The first-order chi connectivity index (χ1) is 16.9. The summed E-state index contributed by atoms with van der Waals surface area (Å²) in [5.41, 5.74) is 2.62. The summed E-state index contributed by atoms with van der Waals surface area (Å²) in [6.07, 6.45) is -1.80. The molecule has 1 aliphatic rings. The third-order valence-corrected chi connectivity index (χ3v) is 6.42. The van der Waals surface area contributed by atoms with Crippen LogP contribution in [0.1, 0.15) is 56.4 Å². The predicted octanol–water partition coefficient (Wildman–Crippen LogP) is 5.79. The fraction of sp³-hybridized carbons (Fsp3) is 0.462. The molecule has 1 saturated carbocycles. The highest BCUT2D eigenvalue weighted by atomic mass is 19.4. The summed E-state index contributed by atoms with van der Waals surface area (Å²) in [6, 6.07) is 10.9. The summed E-state index contributed by atoms with van der Waals surface area (Å²) in [7, 11) is 0. The number of aliphatic hydroxyl groups is 1. The lowest BCUT2D eigenvalue weighted by atomic mass is 9.70. The van der Waals surface area contributed by atoms with Crippen LogP contribution in [-0.4, -0.2) is 40.1 Å². The summed E-state index contributed by atoms with van der Waals surface area (Å²) >= 11 is 0. The lowest BCUT2D eigenvalue weighted by Crippen LogP contribution is -2.30. The first-order valence-corrected chi connectivity index (χ1v) is 12.0. The van der Waals surface area contributed by atoms with Crippen molar-refractivity contribution >= 4 is 28.6 Å². The van der Waals surface area contributed by atoms with E-state index in [1.807, 2.05) is 0 Å². The minimum absolute atomic E-state index is 0.111. The zero-order valence-corrected chi connectivity index (χ0v) is 20.5. The number of halogens is 3. The van der Waals surface area contributed by atoms with Gasteiger partial charge in [0.25, 0.3) is 5.91 Å². The number of hydrogen-bond donors (Lipinski definition) is 3. The van der Waals surface area contributed by atoms with Gasteiger partial charge < -0.3 is 25.0 Å². The molecule has 1 aliphatic carbocycles. The summed E-state index contributed by atoms with van der Waals surface area (Å²) in [5, 5.41) is 15.0. The number of benzene rings is 2. The average Bonchev–Trinajstić information content (AvgIpc) is 3.13. The maximum atomic E-state index is 12.6. The topological polar surface area (TPSA) is 88.4 Å². The highest BCUT2D eigenvalue weighted by molar-refractivity contribution is 5.97. The van der Waals surface area contributed by atoms with Gasteiger partial charge in [-0.3, -0.25) is 4.79 Å². The third kappa shape index (κ3) is 6.10. The Balaban J connectivity index is 1.73. The second-order valence-corrected chi connectivity index (χ2v) is 10.3. The molecule has 7 nitrogen and oxygen atoms in total. The molecule has 4 rings (SSSR count). The molecule has 10 heteroatoms. The molecule has 0 aliphatic heterocycles. The lowest BCUT2D eigenvalue weighted by molar-refractivity contribution is -0.274. The molecule has 194 valence electrons. The Morgan fingerprint density at radius 2 is 1.92 bits per heavy atom. The van der Waals surface area contributed by atoms with E-state index in [1.165, 1.54) is 24.3 Å². The van der Waals surface area contributed by atoms with Crippen LogP contribution in [0.3, 0.4) is 0 Å². The van der Waals surface area contributed by atoms with Gasteiger partial charge in [0.05, 0.1) is 17.6 Å². The smallest absolute Gasteiger partial charge is 0.406 e. The molecule has 0 bridgehead atoms. The summed E-state index contributed by atoms with van der Waals surface area (Å²) in [5.74, 6) is 0.449. The van der Waals surface area contributed by atoms with Crippen molar-refractivity contribution in [2.24, 2.45) is 11.3 Å². The quantitative estimate of drug-likeness (QED) is 0.379. The molecule has 0 spiro atoms. The molecule has 0 radical (unpaired) electrons. The maximum absolute atomic E-state index is 12.6. The van der Waals surface area contributed by atoms with Gasteiger partial charge >= 0.3 is 6.36 Å². The Morgan fingerprint density at radius 1 is 1.19 bits per heavy atom. The van der Waals surface area contributed by atoms with Crippen molar-refractivity contribution in [1.82, 2.24) is 14.9 Å². The van der Waals surface area contributed by atoms with Crippen molar-refractivity contribution in [2.75, 3.05) is 18.5 Å². The Labute approximate surface area is 207 Å². The standard InChI is InChI=1S/C26H31F3N4O3/c1-16-12-19(15-25(2,3)14-16)33-22-13-17(23(35)30-10-11-34)4-9-21(22)32-24(33)31-18-5-7-20(8-6-18)36-26(27,28)29/h4-9,13,16,19,34H,10-12,14-15H2,1-3H3,(H,30,35)(H,31,32). The molecule has 1 heterocycles. The van der Waals surface area contributed by atoms with Gasteiger partial charge in [0, 0.05) is 23.8 Å². The van der Waals surface area contributed by atoms with Gasteiger partial charge in [-0.25, -0.2) is 4.98 Å². The number of nitrogens with one attached hydrogen (secondary N) is 2. The molecular weight excluding hydrogens is 473 g/mol. The van der Waals surface area contributed by atoms with Gasteiger partial charge in [0.1, 0.15) is 5.75 Å². The third-order valence-electron chi connectivity index (χ3n) is 6.42. The van der Waals surface area contributed by atoms with Crippen LogP contribution in [0.2, 0.25) is 0 Å². The molecule has 3 aromatic rings. The fourth-order valence-corrected chi connectivity index (χ4v) is 5.32. The molecule has 2 unspecified atom stereocenters. The molecule has 2 aromatic carbocycles. The first-order valence-electron chi connectivity index (χ1n) is 12.0. The predicted molar refractivity (Wildman–Crippen MR) is 131 cm³/mol. The monoisotopic (exact) mass is 504 g/mol. The van der Waals surface area contributed by atoms with E-state index in [9.17, 15) is 18.0 Å². The van der Waals surface area contributed by atoms with Gasteiger partial charge in [0.2, 0.25) is 5.95 Å². The number of aromatic nitrogens is 2. The number of anilines is 2. The number of nitrogens with zero attached hydrogens (tertiary/aromatic N) is 2. The van der Waals surface area contributed by atoms with E-state index in [0.717, 1.165) is 24.8 Å². The highest BCUT2D eigenvalue weighted by Crippen LogP contribution is 2.46. The molecule has 1 amide bonds. The Kier molecular flexibility index (Phi) is 7.17. The summed E-state index contributed by atoms with van der Waals surface area (Å²) < 4.78 is 43.7. The van der Waals surface area contributed by atoms with Gasteiger partial charge in [-0.1, -0.05) is 20.8 Å². The van der Waals surface area contributed by atoms with Crippen LogP contribution in [0, 0.1) is 11.3 Å². The number of carbonyl (C=O) groups excluding carboxylic acids is 1. The average molecular weight is 505 g/mol. The van der Waals surface area contributed by atoms with Crippen molar-refractivity contribution < 1.29 is 27.8 Å².